The summed E-state index contributed by atoms with van der Waals surface area (Å²) in [7, 11) is 0. The zero-order valence-corrected chi connectivity index (χ0v) is 18.5. The number of thioether (sulfide) groups is 1. The molecule has 8 heteroatoms. The Balaban J connectivity index is 1.34. The van der Waals surface area contributed by atoms with Crippen molar-refractivity contribution in [2.45, 2.75) is 25.3 Å². The molecule has 2 aromatic carbocycles. The highest BCUT2D eigenvalue weighted by Gasteiger charge is 2.19. The van der Waals surface area contributed by atoms with E-state index in [-0.39, 0.29) is 30.8 Å². The minimum absolute atomic E-state index is 0.0437. The van der Waals surface area contributed by atoms with E-state index in [1.165, 1.54) is 23.9 Å². The number of rotatable bonds is 8. The molecule has 1 aromatic heterocycles. The van der Waals surface area contributed by atoms with Gasteiger partial charge in [-0.1, -0.05) is 6.07 Å². The highest BCUT2D eigenvalue weighted by Crippen LogP contribution is 2.33. The van der Waals surface area contributed by atoms with Gasteiger partial charge >= 0.3 is 5.97 Å². The molecule has 0 bridgehead atoms. The molecule has 0 saturated heterocycles. The first-order chi connectivity index (χ1) is 15.4. The van der Waals surface area contributed by atoms with E-state index in [2.05, 4.69) is 0 Å². The fraction of sp³-hybridized carbons (Fsp3) is 0.250. The maximum absolute atomic E-state index is 12.9. The molecule has 0 amide bonds. The minimum atomic E-state index is -0.498. The normalized spacial score (nSPS) is 12.1. The molecule has 32 heavy (non-hydrogen) atoms. The van der Waals surface area contributed by atoms with Crippen LogP contribution in [0, 0.1) is 19.7 Å². The van der Waals surface area contributed by atoms with Crippen molar-refractivity contribution >= 4 is 23.5 Å². The van der Waals surface area contributed by atoms with Gasteiger partial charge in [0.15, 0.2) is 18.1 Å². The average Bonchev–Trinajstić information content (AvgIpc) is 3.36. The van der Waals surface area contributed by atoms with Crippen LogP contribution in [0.1, 0.15) is 27.3 Å². The summed E-state index contributed by atoms with van der Waals surface area (Å²) in [4.78, 5) is 25.4. The highest BCUT2D eigenvalue weighted by molar-refractivity contribution is 8.00. The molecule has 4 rings (SSSR count). The topological polar surface area (TPSA) is 66.8 Å². The van der Waals surface area contributed by atoms with E-state index >= 15 is 0 Å². The minimum Gasteiger partial charge on any atom is -0.457 e. The monoisotopic (exact) mass is 455 g/mol. The first-order valence-corrected chi connectivity index (χ1v) is 11.0. The summed E-state index contributed by atoms with van der Waals surface area (Å²) in [6.07, 6.45) is 0. The van der Waals surface area contributed by atoms with Crippen molar-refractivity contribution in [2.75, 3.05) is 19.2 Å². The van der Waals surface area contributed by atoms with Crippen LogP contribution in [0.2, 0.25) is 0 Å². The second-order valence-electron chi connectivity index (χ2n) is 7.39. The zero-order chi connectivity index (χ0) is 22.7. The molecule has 0 saturated carbocycles. The number of aromatic nitrogens is 1. The third kappa shape index (κ3) is 4.96. The molecule has 0 atom stereocenters. The fourth-order valence-corrected chi connectivity index (χ4v) is 4.18. The summed E-state index contributed by atoms with van der Waals surface area (Å²) in [6, 6.07) is 13.4. The predicted octanol–water partition coefficient (Wildman–Crippen LogP) is 4.54. The van der Waals surface area contributed by atoms with Gasteiger partial charge in [-0.05, 0) is 61.9 Å². The Kier molecular flexibility index (Phi) is 6.50. The first-order valence-electron chi connectivity index (χ1n) is 10.0. The lowest BCUT2D eigenvalue weighted by atomic mass is 10.1. The van der Waals surface area contributed by atoms with Crippen LogP contribution in [-0.4, -0.2) is 35.5 Å². The Labute approximate surface area is 189 Å². The number of hydrogen-bond donors (Lipinski definition) is 0. The second-order valence-corrected chi connectivity index (χ2v) is 8.43. The summed E-state index contributed by atoms with van der Waals surface area (Å²) < 4.78 is 30.9. The predicted molar refractivity (Wildman–Crippen MR) is 118 cm³/mol. The molecule has 0 unspecified atom stereocenters. The third-order valence-electron chi connectivity index (χ3n) is 5.19. The van der Waals surface area contributed by atoms with Gasteiger partial charge < -0.3 is 18.8 Å². The number of hydrogen-bond acceptors (Lipinski definition) is 6. The van der Waals surface area contributed by atoms with Crippen LogP contribution < -0.4 is 9.47 Å². The van der Waals surface area contributed by atoms with Gasteiger partial charge in [-0.15, -0.1) is 11.8 Å². The number of fused-ring (bicyclic) bond motifs is 1. The van der Waals surface area contributed by atoms with Crippen LogP contribution >= 0.6 is 11.8 Å². The third-order valence-corrected chi connectivity index (χ3v) is 6.17. The summed E-state index contributed by atoms with van der Waals surface area (Å²) >= 11 is 1.23. The Morgan fingerprint density at radius 3 is 2.59 bits per heavy atom. The Bertz CT molecular complexity index is 1160. The highest BCUT2D eigenvalue weighted by atomic mass is 32.2. The lowest BCUT2D eigenvalue weighted by Crippen LogP contribution is -2.16. The molecule has 0 spiro atoms. The van der Waals surface area contributed by atoms with Crippen molar-refractivity contribution in [3.8, 4) is 11.5 Å². The number of carbonyl (C=O) groups excluding carboxylic acids is 2. The lowest BCUT2D eigenvalue weighted by Gasteiger charge is -2.11. The van der Waals surface area contributed by atoms with Crippen molar-refractivity contribution < 1.29 is 28.2 Å². The van der Waals surface area contributed by atoms with E-state index in [9.17, 15) is 14.0 Å². The van der Waals surface area contributed by atoms with Gasteiger partial charge in [0.2, 0.25) is 12.6 Å². The van der Waals surface area contributed by atoms with Crippen LogP contribution in [0.25, 0.3) is 0 Å². The summed E-state index contributed by atoms with van der Waals surface area (Å²) in [5, 5.41) is 0. The molecule has 0 radical (unpaired) electrons. The summed E-state index contributed by atoms with van der Waals surface area (Å²) in [6.45, 7) is 4.29. The number of ketones is 1. The molecular formula is C24H22FNO5S. The molecular weight excluding hydrogens is 433 g/mol. The number of esters is 1. The number of Topliss-reactive ketones (excluding diaryl/α,β-unsaturated/α-hetero) is 1. The van der Waals surface area contributed by atoms with E-state index in [0.717, 1.165) is 27.6 Å². The van der Waals surface area contributed by atoms with Crippen LogP contribution in [0.5, 0.6) is 11.5 Å². The van der Waals surface area contributed by atoms with Crippen molar-refractivity contribution in [3.63, 3.8) is 0 Å². The maximum atomic E-state index is 12.9. The largest absolute Gasteiger partial charge is 0.457 e. The molecule has 0 N–H and O–H groups in total. The van der Waals surface area contributed by atoms with Crippen LogP contribution in [-0.2, 0) is 16.1 Å². The summed E-state index contributed by atoms with van der Waals surface area (Å²) in [5.74, 6) is 0.398. The molecule has 6 nitrogen and oxygen atoms in total. The van der Waals surface area contributed by atoms with E-state index < -0.39 is 5.97 Å². The molecule has 1 aliphatic heterocycles. The number of halogens is 1. The molecule has 0 fully saturated rings. The van der Waals surface area contributed by atoms with Crippen LogP contribution in [0.15, 0.2) is 53.4 Å². The van der Waals surface area contributed by atoms with E-state index in [1.54, 1.807) is 12.1 Å². The van der Waals surface area contributed by atoms with Gasteiger partial charge in [0.05, 0.1) is 5.75 Å². The number of benzene rings is 2. The van der Waals surface area contributed by atoms with Crippen molar-refractivity contribution in [1.82, 2.24) is 4.57 Å². The van der Waals surface area contributed by atoms with Gasteiger partial charge in [0, 0.05) is 28.4 Å². The molecule has 1 aliphatic rings. The smallest absolute Gasteiger partial charge is 0.316 e. The van der Waals surface area contributed by atoms with Gasteiger partial charge in [0.1, 0.15) is 5.82 Å². The quantitative estimate of drug-likeness (QED) is 0.282. The van der Waals surface area contributed by atoms with Crippen LogP contribution in [0.4, 0.5) is 4.39 Å². The van der Waals surface area contributed by atoms with Gasteiger partial charge in [-0.25, -0.2) is 4.39 Å². The molecule has 2 heterocycles. The van der Waals surface area contributed by atoms with Crippen molar-refractivity contribution in [1.29, 1.82) is 0 Å². The standard InChI is InChI=1S/C24H22FNO5S/c1-15-9-20(16(2)26(15)11-17-3-8-22-23(10-17)31-14-30-22)21(27)12-29-24(28)13-32-19-6-4-18(25)5-7-19/h3-10H,11-14H2,1-2H3. The van der Waals surface area contributed by atoms with Crippen LogP contribution in [0.3, 0.4) is 0 Å². The van der Waals surface area contributed by atoms with E-state index in [0.29, 0.717) is 17.9 Å². The fourth-order valence-electron chi connectivity index (χ4n) is 3.49. The number of aryl methyl sites for hydroxylation is 1. The number of nitrogens with zero attached hydrogens (tertiary/aromatic N) is 1. The van der Waals surface area contributed by atoms with Crippen molar-refractivity contribution in [3.05, 3.63) is 76.9 Å². The Hall–Kier alpha value is -3.26. The van der Waals surface area contributed by atoms with E-state index in [1.807, 2.05) is 42.7 Å². The average molecular weight is 456 g/mol. The maximum Gasteiger partial charge on any atom is 0.316 e. The van der Waals surface area contributed by atoms with Gasteiger partial charge in [-0.2, -0.15) is 0 Å². The lowest BCUT2D eigenvalue weighted by molar-refractivity contribution is -0.139. The van der Waals surface area contributed by atoms with Crippen molar-refractivity contribution in [2.24, 2.45) is 0 Å². The molecule has 3 aromatic rings. The molecule has 166 valence electrons. The summed E-state index contributed by atoms with van der Waals surface area (Å²) in [5.41, 5.74) is 3.30. The number of carbonyl (C=O) groups is 2. The zero-order valence-electron chi connectivity index (χ0n) is 17.7. The Morgan fingerprint density at radius 1 is 1.06 bits per heavy atom. The second kappa shape index (κ2) is 9.48. The Morgan fingerprint density at radius 2 is 1.81 bits per heavy atom. The molecule has 0 aliphatic carbocycles. The number of ether oxygens (including phenoxy) is 3. The van der Waals surface area contributed by atoms with Gasteiger partial charge in [-0.3, -0.25) is 9.59 Å². The van der Waals surface area contributed by atoms with E-state index in [4.69, 9.17) is 14.2 Å². The van der Waals surface area contributed by atoms with Gasteiger partial charge in [0.25, 0.3) is 0 Å². The SMILES string of the molecule is Cc1cc(C(=O)COC(=O)CSc2ccc(F)cc2)c(C)n1Cc1ccc2c(c1)OCO2. The first kappa shape index (κ1) is 22.0.